The third-order valence-corrected chi connectivity index (χ3v) is 2.69. The number of aromatic hydroxyl groups is 2. The van der Waals surface area contributed by atoms with Crippen molar-refractivity contribution in [1.82, 2.24) is 5.32 Å². The van der Waals surface area contributed by atoms with Gasteiger partial charge in [-0.1, -0.05) is 0 Å². The molecule has 0 aliphatic heterocycles. The molecule has 6 nitrogen and oxygen atoms in total. The van der Waals surface area contributed by atoms with Crippen molar-refractivity contribution in [2.45, 2.75) is 12.5 Å². The summed E-state index contributed by atoms with van der Waals surface area (Å²) in [6.07, 6.45) is 0. The average molecular weight is 255 g/mol. The van der Waals surface area contributed by atoms with Crippen LogP contribution in [0.1, 0.15) is 12.5 Å². The molecule has 6 heteroatoms. The molecule has 0 fully saturated rings. The molecule has 0 radical (unpaired) electrons. The highest BCUT2D eigenvalue weighted by Crippen LogP contribution is 2.28. The first kappa shape index (κ1) is 14.3. The Hall–Kier alpha value is -1.79. The third-order valence-electron chi connectivity index (χ3n) is 2.69. The zero-order chi connectivity index (χ0) is 13.8. The SMILES string of the molecule is COCCNC(C)(C(=O)O)c1cc(O)cc(O)c1. The topological polar surface area (TPSA) is 99.0 Å². The number of phenolic OH excluding ortho intramolecular Hbond substituents is 2. The Bertz CT molecular complexity index is 414. The molecule has 4 N–H and O–H groups in total. The maximum absolute atomic E-state index is 11.4. The molecule has 0 aliphatic rings. The van der Waals surface area contributed by atoms with Crippen LogP contribution in [0.5, 0.6) is 11.5 Å². The fourth-order valence-electron chi connectivity index (χ4n) is 1.59. The van der Waals surface area contributed by atoms with Gasteiger partial charge in [0.1, 0.15) is 17.0 Å². The standard InChI is InChI=1S/C12H17NO5/c1-12(11(16)17,13-3-4-18-2)8-5-9(14)7-10(15)6-8/h5-7,13-15H,3-4H2,1-2H3,(H,16,17). The van der Waals surface area contributed by atoms with Gasteiger partial charge in [-0.3, -0.25) is 5.32 Å². The predicted octanol–water partition coefficient (Wildman–Crippen LogP) is 0.634. The van der Waals surface area contributed by atoms with Crippen LogP contribution in [0.2, 0.25) is 0 Å². The van der Waals surface area contributed by atoms with Crippen LogP contribution in [0.25, 0.3) is 0 Å². The summed E-state index contributed by atoms with van der Waals surface area (Å²) < 4.78 is 4.85. The van der Waals surface area contributed by atoms with Crippen LogP contribution in [-0.2, 0) is 15.1 Å². The van der Waals surface area contributed by atoms with Crippen LogP contribution < -0.4 is 5.32 Å². The molecule has 1 unspecified atom stereocenters. The zero-order valence-corrected chi connectivity index (χ0v) is 10.3. The highest BCUT2D eigenvalue weighted by atomic mass is 16.5. The molecule has 0 saturated heterocycles. The quantitative estimate of drug-likeness (QED) is 0.557. The summed E-state index contributed by atoms with van der Waals surface area (Å²) >= 11 is 0. The van der Waals surface area contributed by atoms with Gasteiger partial charge in [0.2, 0.25) is 0 Å². The minimum absolute atomic E-state index is 0.189. The number of methoxy groups -OCH3 is 1. The van der Waals surface area contributed by atoms with Crippen LogP contribution in [0, 0.1) is 0 Å². The number of benzene rings is 1. The second-order valence-electron chi connectivity index (χ2n) is 4.09. The number of aliphatic carboxylic acids is 1. The van der Waals surface area contributed by atoms with E-state index in [1.54, 1.807) is 0 Å². The molecule has 0 bridgehead atoms. The van der Waals surface area contributed by atoms with Gasteiger partial charge in [-0.25, -0.2) is 4.79 Å². The lowest BCUT2D eigenvalue weighted by Crippen LogP contribution is -2.47. The smallest absolute Gasteiger partial charge is 0.328 e. The summed E-state index contributed by atoms with van der Waals surface area (Å²) in [6, 6.07) is 3.74. The van der Waals surface area contributed by atoms with E-state index in [9.17, 15) is 20.1 Å². The molecule has 1 aromatic carbocycles. The lowest BCUT2D eigenvalue weighted by atomic mass is 9.91. The van der Waals surface area contributed by atoms with Gasteiger partial charge in [0, 0.05) is 19.7 Å². The van der Waals surface area contributed by atoms with Gasteiger partial charge in [-0.15, -0.1) is 0 Å². The maximum Gasteiger partial charge on any atom is 0.328 e. The molecule has 1 aromatic rings. The van der Waals surface area contributed by atoms with E-state index in [0.29, 0.717) is 13.2 Å². The predicted molar refractivity (Wildman–Crippen MR) is 64.6 cm³/mol. The van der Waals surface area contributed by atoms with Crippen molar-refractivity contribution in [3.05, 3.63) is 23.8 Å². The highest BCUT2D eigenvalue weighted by Gasteiger charge is 2.35. The van der Waals surface area contributed by atoms with E-state index < -0.39 is 11.5 Å². The number of hydrogen-bond donors (Lipinski definition) is 4. The van der Waals surface area contributed by atoms with Crippen LogP contribution in [-0.4, -0.2) is 41.6 Å². The van der Waals surface area contributed by atoms with E-state index in [1.165, 1.54) is 26.2 Å². The van der Waals surface area contributed by atoms with Crippen molar-refractivity contribution in [2.24, 2.45) is 0 Å². The van der Waals surface area contributed by atoms with Crippen LogP contribution in [0.4, 0.5) is 0 Å². The van der Waals surface area contributed by atoms with Crippen LogP contribution in [0.15, 0.2) is 18.2 Å². The van der Waals surface area contributed by atoms with Gasteiger partial charge in [-0.2, -0.15) is 0 Å². The molecule has 0 heterocycles. The van der Waals surface area contributed by atoms with Crippen molar-refractivity contribution >= 4 is 5.97 Å². The Kier molecular flexibility index (Phi) is 4.52. The monoisotopic (exact) mass is 255 g/mol. The van der Waals surface area contributed by atoms with E-state index in [-0.39, 0.29) is 17.1 Å². The van der Waals surface area contributed by atoms with Crippen molar-refractivity contribution in [3.63, 3.8) is 0 Å². The van der Waals surface area contributed by atoms with Gasteiger partial charge in [-0.05, 0) is 24.6 Å². The molecular formula is C12H17NO5. The number of phenols is 2. The fraction of sp³-hybridized carbons (Fsp3) is 0.417. The summed E-state index contributed by atoms with van der Waals surface area (Å²) in [5, 5.41) is 30.9. The van der Waals surface area contributed by atoms with Crippen molar-refractivity contribution in [1.29, 1.82) is 0 Å². The molecule has 0 amide bonds. The Morgan fingerprint density at radius 1 is 1.33 bits per heavy atom. The molecule has 100 valence electrons. The van der Waals surface area contributed by atoms with Crippen molar-refractivity contribution in [3.8, 4) is 11.5 Å². The number of carbonyl (C=O) groups is 1. The van der Waals surface area contributed by atoms with E-state index in [2.05, 4.69) is 5.32 Å². The Morgan fingerprint density at radius 2 is 1.89 bits per heavy atom. The van der Waals surface area contributed by atoms with Crippen LogP contribution in [0.3, 0.4) is 0 Å². The number of carboxylic acids is 1. The molecule has 0 aliphatic carbocycles. The van der Waals surface area contributed by atoms with E-state index in [0.717, 1.165) is 6.07 Å². The number of nitrogens with one attached hydrogen (secondary N) is 1. The van der Waals surface area contributed by atoms with Gasteiger partial charge in [0.15, 0.2) is 0 Å². The van der Waals surface area contributed by atoms with Gasteiger partial charge in [0.05, 0.1) is 6.61 Å². The lowest BCUT2D eigenvalue weighted by Gasteiger charge is -2.27. The molecule has 0 saturated carbocycles. The Morgan fingerprint density at radius 3 is 2.33 bits per heavy atom. The Balaban J connectivity index is 3.06. The normalized spacial score (nSPS) is 14.1. The first-order valence-electron chi connectivity index (χ1n) is 5.41. The first-order valence-corrected chi connectivity index (χ1v) is 5.41. The second-order valence-corrected chi connectivity index (χ2v) is 4.09. The summed E-state index contributed by atoms with van der Waals surface area (Å²) in [6.45, 7) is 2.14. The minimum Gasteiger partial charge on any atom is -0.508 e. The summed E-state index contributed by atoms with van der Waals surface area (Å²) in [7, 11) is 1.51. The number of rotatable bonds is 6. The van der Waals surface area contributed by atoms with E-state index in [4.69, 9.17) is 4.74 Å². The van der Waals surface area contributed by atoms with Crippen LogP contribution >= 0.6 is 0 Å². The zero-order valence-electron chi connectivity index (χ0n) is 10.3. The van der Waals surface area contributed by atoms with E-state index in [1.807, 2.05) is 0 Å². The molecule has 0 spiro atoms. The molecule has 0 aromatic heterocycles. The number of hydrogen-bond acceptors (Lipinski definition) is 5. The largest absolute Gasteiger partial charge is 0.508 e. The van der Waals surface area contributed by atoms with Crippen molar-refractivity contribution in [2.75, 3.05) is 20.3 Å². The Labute approximate surface area is 105 Å². The lowest BCUT2D eigenvalue weighted by molar-refractivity contribution is -0.144. The number of ether oxygens (including phenoxy) is 1. The first-order chi connectivity index (χ1) is 8.40. The fourth-order valence-corrected chi connectivity index (χ4v) is 1.59. The molecule has 1 rings (SSSR count). The molecular weight excluding hydrogens is 238 g/mol. The summed E-state index contributed by atoms with van der Waals surface area (Å²) in [5.41, 5.74) is -1.14. The van der Waals surface area contributed by atoms with E-state index >= 15 is 0 Å². The average Bonchev–Trinajstić information content (AvgIpc) is 2.27. The third kappa shape index (κ3) is 3.12. The number of carboxylic acid groups (broad SMARTS) is 1. The molecule has 18 heavy (non-hydrogen) atoms. The van der Waals surface area contributed by atoms with Gasteiger partial charge < -0.3 is 20.1 Å². The summed E-state index contributed by atoms with van der Waals surface area (Å²) in [5.74, 6) is -1.49. The maximum atomic E-state index is 11.4. The van der Waals surface area contributed by atoms with Crippen molar-refractivity contribution < 1.29 is 24.9 Å². The highest BCUT2D eigenvalue weighted by molar-refractivity contribution is 5.80. The minimum atomic E-state index is -1.41. The summed E-state index contributed by atoms with van der Waals surface area (Å²) in [4.78, 5) is 11.4. The van der Waals surface area contributed by atoms with Gasteiger partial charge >= 0.3 is 5.97 Å². The molecule has 1 atom stereocenters. The second kappa shape index (κ2) is 5.70. The van der Waals surface area contributed by atoms with Gasteiger partial charge in [0.25, 0.3) is 0 Å².